The Labute approximate surface area is 222 Å². The normalized spacial score (nSPS) is 26.1. The summed E-state index contributed by atoms with van der Waals surface area (Å²) in [6, 6.07) is 3.26. The van der Waals surface area contributed by atoms with Crippen molar-refractivity contribution in [3.63, 3.8) is 0 Å². The highest BCUT2D eigenvalue weighted by Crippen LogP contribution is 2.66. The molecule has 1 aromatic heterocycles. The van der Waals surface area contributed by atoms with Crippen LogP contribution in [0.4, 0.5) is 18.0 Å². The van der Waals surface area contributed by atoms with Gasteiger partial charge in [0.15, 0.2) is 0 Å². The number of rotatable bonds is 9. The highest BCUT2D eigenvalue weighted by atomic mass is 19.4. The van der Waals surface area contributed by atoms with Crippen molar-refractivity contribution in [3.8, 4) is 0 Å². The molecule has 2 heterocycles. The van der Waals surface area contributed by atoms with Crippen LogP contribution in [0.3, 0.4) is 0 Å². The van der Waals surface area contributed by atoms with Gasteiger partial charge in [0, 0.05) is 49.9 Å². The first kappa shape index (κ1) is 28.6. The van der Waals surface area contributed by atoms with Crippen LogP contribution < -0.4 is 21.5 Å². The number of carbonyl (C=O) groups excluding carboxylic acids is 2. The Morgan fingerprint density at radius 3 is 2.63 bits per heavy atom. The zero-order chi connectivity index (χ0) is 27.6. The summed E-state index contributed by atoms with van der Waals surface area (Å²) in [7, 11) is 0. The van der Waals surface area contributed by atoms with E-state index in [0.717, 1.165) is 25.8 Å². The molecular formula is C27H40F3N5O3. The quantitative estimate of drug-likeness (QED) is 0.375. The summed E-state index contributed by atoms with van der Waals surface area (Å²) in [5.41, 5.74) is 4.36. The monoisotopic (exact) mass is 539 g/mol. The maximum absolute atomic E-state index is 14.0. The van der Waals surface area contributed by atoms with E-state index in [2.05, 4.69) is 26.5 Å². The molecule has 4 N–H and O–H groups in total. The van der Waals surface area contributed by atoms with Gasteiger partial charge in [0.25, 0.3) is 0 Å². The molecule has 4 rings (SSSR count). The van der Waals surface area contributed by atoms with Gasteiger partial charge in [-0.1, -0.05) is 6.07 Å². The molecule has 0 spiro atoms. The van der Waals surface area contributed by atoms with Crippen LogP contribution in [0.2, 0.25) is 0 Å². The number of hydrogen-bond donors (Lipinski definition) is 4. The molecule has 3 unspecified atom stereocenters. The first-order chi connectivity index (χ1) is 17.9. The second-order valence-electron chi connectivity index (χ2n) is 12.2. The van der Waals surface area contributed by atoms with Crippen molar-refractivity contribution in [3.05, 3.63) is 30.1 Å². The van der Waals surface area contributed by atoms with Crippen LogP contribution in [0.25, 0.3) is 0 Å². The minimum absolute atomic E-state index is 0.000277. The molecule has 212 valence electrons. The fourth-order valence-electron chi connectivity index (χ4n) is 6.06. The van der Waals surface area contributed by atoms with Gasteiger partial charge in [-0.2, -0.15) is 13.2 Å². The molecule has 11 heteroatoms. The van der Waals surface area contributed by atoms with E-state index in [4.69, 9.17) is 4.74 Å². The summed E-state index contributed by atoms with van der Waals surface area (Å²) in [4.78, 5) is 29.6. The molecule has 0 radical (unpaired) electrons. The average molecular weight is 540 g/mol. The van der Waals surface area contributed by atoms with Gasteiger partial charge < -0.3 is 15.4 Å². The predicted octanol–water partition coefficient (Wildman–Crippen LogP) is 4.19. The number of halogens is 3. The van der Waals surface area contributed by atoms with E-state index in [1.807, 2.05) is 0 Å². The second-order valence-corrected chi connectivity index (χ2v) is 12.2. The lowest BCUT2D eigenvalue weighted by Gasteiger charge is -2.33. The van der Waals surface area contributed by atoms with Gasteiger partial charge in [-0.05, 0) is 82.8 Å². The number of amides is 2. The molecule has 2 saturated carbocycles. The number of pyridine rings is 1. The van der Waals surface area contributed by atoms with Gasteiger partial charge in [0.2, 0.25) is 5.91 Å². The van der Waals surface area contributed by atoms with Crippen LogP contribution in [-0.4, -0.2) is 53.9 Å². The van der Waals surface area contributed by atoms with Crippen LogP contribution in [0.1, 0.15) is 77.2 Å². The molecule has 2 aliphatic carbocycles. The Kier molecular flexibility index (Phi) is 8.56. The largest absolute Gasteiger partial charge is 0.444 e. The van der Waals surface area contributed by atoms with Gasteiger partial charge in [-0.3, -0.25) is 20.6 Å². The van der Waals surface area contributed by atoms with Crippen LogP contribution in [0.15, 0.2) is 24.5 Å². The van der Waals surface area contributed by atoms with Crippen molar-refractivity contribution < 1.29 is 27.5 Å². The lowest BCUT2D eigenvalue weighted by Crippen LogP contribution is -2.47. The minimum atomic E-state index is -4.41. The van der Waals surface area contributed by atoms with Crippen LogP contribution in [-0.2, 0) is 9.53 Å². The predicted molar refractivity (Wildman–Crippen MR) is 136 cm³/mol. The summed E-state index contributed by atoms with van der Waals surface area (Å²) in [6.07, 6.45) is 1.32. The smallest absolute Gasteiger partial charge is 0.407 e. The standard InChI is InChI=1S/C27H40F3N5O3/c1-25(2,3)38-24(37)34-20(12-17-6-7-22-19(11-17)15-33-35-22)16-32-23(36)13-21(18-5-4-10-31-14-18)26(8-9-26)27(28,29)30/h4-5,10,14,17,19-22,33,35H,6-9,11-13,15-16H2,1-3H3,(H,32,36)(H,34,37)/t17?,19?,20-,21+,22?/m0/s1. The highest BCUT2D eigenvalue weighted by Gasteiger charge is 2.67. The number of nitrogens with zero attached hydrogens (tertiary/aromatic N) is 1. The Morgan fingerprint density at radius 1 is 1.24 bits per heavy atom. The fourth-order valence-corrected chi connectivity index (χ4v) is 6.06. The van der Waals surface area contributed by atoms with Crippen molar-refractivity contribution in [2.45, 2.75) is 95.5 Å². The zero-order valence-electron chi connectivity index (χ0n) is 22.4. The van der Waals surface area contributed by atoms with Crippen molar-refractivity contribution in [1.82, 2.24) is 26.5 Å². The van der Waals surface area contributed by atoms with Crippen LogP contribution in [0, 0.1) is 17.3 Å². The maximum Gasteiger partial charge on any atom is 0.407 e. The van der Waals surface area contributed by atoms with E-state index in [9.17, 15) is 22.8 Å². The van der Waals surface area contributed by atoms with Gasteiger partial charge >= 0.3 is 12.3 Å². The third-order valence-corrected chi connectivity index (χ3v) is 8.12. The van der Waals surface area contributed by atoms with E-state index in [1.54, 1.807) is 32.9 Å². The van der Waals surface area contributed by atoms with Crippen molar-refractivity contribution in [2.24, 2.45) is 17.3 Å². The van der Waals surface area contributed by atoms with Gasteiger partial charge in [0.05, 0.1) is 5.41 Å². The van der Waals surface area contributed by atoms with Crippen LogP contribution >= 0.6 is 0 Å². The summed E-state index contributed by atoms with van der Waals surface area (Å²) in [5, 5.41) is 5.71. The lowest BCUT2D eigenvalue weighted by molar-refractivity contribution is -0.194. The second kappa shape index (κ2) is 11.4. The first-order valence-corrected chi connectivity index (χ1v) is 13.6. The van der Waals surface area contributed by atoms with E-state index in [-0.39, 0.29) is 25.8 Å². The minimum Gasteiger partial charge on any atom is -0.444 e. The first-order valence-electron chi connectivity index (χ1n) is 13.6. The Bertz CT molecular complexity index is 965. The van der Waals surface area contributed by atoms with Gasteiger partial charge in [0.1, 0.15) is 5.60 Å². The number of hydrogen-bond acceptors (Lipinski definition) is 6. The molecule has 1 aliphatic heterocycles. The van der Waals surface area contributed by atoms with E-state index >= 15 is 0 Å². The third-order valence-electron chi connectivity index (χ3n) is 8.12. The Hall–Kier alpha value is -2.40. The SMILES string of the molecule is CC(C)(C)OC(=O)N[C@H](CNC(=O)C[C@H](c1cccnc1)C1(C(F)(F)F)CC1)CC1CCC2NNCC2C1. The van der Waals surface area contributed by atoms with Gasteiger partial charge in [-0.15, -0.1) is 0 Å². The summed E-state index contributed by atoms with van der Waals surface area (Å²) in [6.45, 7) is 6.35. The molecule has 1 saturated heterocycles. The maximum atomic E-state index is 14.0. The average Bonchev–Trinajstić information content (AvgIpc) is 3.52. The number of hydrazine groups is 1. The summed E-state index contributed by atoms with van der Waals surface area (Å²) >= 11 is 0. The van der Waals surface area contributed by atoms with E-state index in [0.29, 0.717) is 29.9 Å². The Balaban J connectivity index is 1.40. The fraction of sp³-hybridized carbons (Fsp3) is 0.741. The lowest BCUT2D eigenvalue weighted by atomic mass is 9.76. The number of ether oxygens (including phenoxy) is 1. The third kappa shape index (κ3) is 7.16. The molecule has 8 nitrogen and oxygen atoms in total. The van der Waals surface area contributed by atoms with Crippen LogP contribution in [0.5, 0.6) is 0 Å². The van der Waals surface area contributed by atoms with Gasteiger partial charge in [-0.25, -0.2) is 4.79 Å². The van der Waals surface area contributed by atoms with Crippen molar-refractivity contribution in [1.29, 1.82) is 0 Å². The molecular weight excluding hydrogens is 499 g/mol. The molecule has 5 atom stereocenters. The molecule has 1 aromatic rings. The van der Waals surface area contributed by atoms with E-state index < -0.39 is 41.2 Å². The summed E-state index contributed by atoms with van der Waals surface area (Å²) < 4.78 is 47.4. The number of nitrogens with one attached hydrogen (secondary N) is 4. The molecule has 0 bridgehead atoms. The molecule has 3 aliphatic rings. The Morgan fingerprint density at radius 2 is 2.00 bits per heavy atom. The molecule has 2 amide bonds. The molecule has 0 aromatic carbocycles. The molecule has 38 heavy (non-hydrogen) atoms. The zero-order valence-corrected chi connectivity index (χ0v) is 22.4. The van der Waals surface area contributed by atoms with Crippen molar-refractivity contribution in [2.75, 3.05) is 13.1 Å². The van der Waals surface area contributed by atoms with E-state index in [1.165, 1.54) is 12.4 Å². The number of fused-ring (bicyclic) bond motifs is 1. The summed E-state index contributed by atoms with van der Waals surface area (Å²) in [5.74, 6) is -0.606. The number of alkyl halides is 3. The number of alkyl carbamates (subject to hydrolysis) is 1. The van der Waals surface area contributed by atoms with Crippen molar-refractivity contribution >= 4 is 12.0 Å². The number of carbonyl (C=O) groups is 2. The topological polar surface area (TPSA) is 104 Å². The highest BCUT2D eigenvalue weighted by molar-refractivity contribution is 5.77. The molecule has 3 fully saturated rings. The number of aromatic nitrogens is 1.